The van der Waals surface area contributed by atoms with Crippen LogP contribution in [0.2, 0.25) is 0 Å². The Morgan fingerprint density at radius 2 is 1.87 bits per heavy atom. The third-order valence-corrected chi connectivity index (χ3v) is 2.70. The summed E-state index contributed by atoms with van der Waals surface area (Å²) >= 11 is 0. The molecule has 0 radical (unpaired) electrons. The van der Waals surface area contributed by atoms with E-state index >= 15 is 0 Å². The Morgan fingerprint density at radius 1 is 1.13 bits per heavy atom. The Labute approximate surface area is 89.5 Å². The van der Waals surface area contributed by atoms with E-state index in [0.29, 0.717) is 5.82 Å². The Morgan fingerprint density at radius 3 is 2.40 bits per heavy atom. The smallest absolute Gasteiger partial charge is 0.146 e. The van der Waals surface area contributed by atoms with Gasteiger partial charge in [0.15, 0.2) is 0 Å². The number of aromatic nitrogens is 2. The van der Waals surface area contributed by atoms with E-state index in [1.807, 2.05) is 13.1 Å². The van der Waals surface area contributed by atoms with Gasteiger partial charge in [-0.25, -0.2) is 0 Å². The molecule has 1 aromatic heterocycles. The van der Waals surface area contributed by atoms with E-state index in [9.17, 15) is 0 Å². The standard InChI is InChI=1S/C12H15N3/c1-8-4-5-10(6-9(8)2)11-7-12(13)14-15(11)3/h4-7H,1-3H3,(H2,13,14). The van der Waals surface area contributed by atoms with Gasteiger partial charge in [-0.05, 0) is 31.0 Å². The van der Waals surface area contributed by atoms with Gasteiger partial charge in [-0.1, -0.05) is 12.1 Å². The summed E-state index contributed by atoms with van der Waals surface area (Å²) < 4.78 is 1.80. The van der Waals surface area contributed by atoms with Gasteiger partial charge in [-0.2, -0.15) is 5.10 Å². The van der Waals surface area contributed by atoms with Crippen LogP contribution in [-0.2, 0) is 7.05 Å². The van der Waals surface area contributed by atoms with Crippen LogP contribution in [0, 0.1) is 13.8 Å². The molecule has 0 saturated carbocycles. The highest BCUT2D eigenvalue weighted by atomic mass is 15.3. The van der Waals surface area contributed by atoms with Gasteiger partial charge >= 0.3 is 0 Å². The fourth-order valence-electron chi connectivity index (χ4n) is 1.66. The minimum Gasteiger partial charge on any atom is -0.382 e. The van der Waals surface area contributed by atoms with Gasteiger partial charge in [0, 0.05) is 18.7 Å². The van der Waals surface area contributed by atoms with Crippen molar-refractivity contribution in [3.8, 4) is 11.3 Å². The van der Waals surface area contributed by atoms with Gasteiger partial charge in [0.05, 0.1) is 5.69 Å². The van der Waals surface area contributed by atoms with Crippen molar-refractivity contribution in [3.05, 3.63) is 35.4 Å². The molecule has 0 fully saturated rings. The van der Waals surface area contributed by atoms with Crippen LogP contribution < -0.4 is 5.73 Å². The number of benzene rings is 1. The zero-order chi connectivity index (χ0) is 11.0. The molecule has 1 heterocycles. The maximum Gasteiger partial charge on any atom is 0.146 e. The second-order valence-electron chi connectivity index (χ2n) is 3.88. The summed E-state index contributed by atoms with van der Waals surface area (Å²) in [5.74, 6) is 0.561. The average molecular weight is 201 g/mol. The first-order valence-corrected chi connectivity index (χ1v) is 4.95. The van der Waals surface area contributed by atoms with Crippen LogP contribution in [0.1, 0.15) is 11.1 Å². The SMILES string of the molecule is Cc1ccc(-c2cc(N)nn2C)cc1C. The molecule has 3 nitrogen and oxygen atoms in total. The lowest BCUT2D eigenvalue weighted by Crippen LogP contribution is -1.95. The minimum atomic E-state index is 0.561. The molecule has 2 N–H and O–H groups in total. The van der Waals surface area contributed by atoms with E-state index in [0.717, 1.165) is 11.3 Å². The summed E-state index contributed by atoms with van der Waals surface area (Å²) in [5, 5.41) is 4.13. The molecule has 0 atom stereocenters. The monoisotopic (exact) mass is 201 g/mol. The van der Waals surface area contributed by atoms with Crippen molar-refractivity contribution < 1.29 is 0 Å². The number of rotatable bonds is 1. The largest absolute Gasteiger partial charge is 0.382 e. The van der Waals surface area contributed by atoms with E-state index in [2.05, 4.69) is 37.1 Å². The third-order valence-electron chi connectivity index (χ3n) is 2.70. The minimum absolute atomic E-state index is 0.561. The number of hydrogen-bond acceptors (Lipinski definition) is 2. The van der Waals surface area contributed by atoms with E-state index < -0.39 is 0 Å². The van der Waals surface area contributed by atoms with Gasteiger partial charge in [-0.3, -0.25) is 4.68 Å². The molecule has 2 rings (SSSR count). The van der Waals surface area contributed by atoms with Crippen molar-refractivity contribution in [2.45, 2.75) is 13.8 Å². The molecule has 1 aromatic carbocycles. The van der Waals surface area contributed by atoms with Crippen LogP contribution >= 0.6 is 0 Å². The average Bonchev–Trinajstić information content (AvgIpc) is 2.50. The molecule has 0 aliphatic carbocycles. The maximum absolute atomic E-state index is 5.65. The molecule has 0 saturated heterocycles. The van der Waals surface area contributed by atoms with Gasteiger partial charge < -0.3 is 5.73 Å². The molecule has 15 heavy (non-hydrogen) atoms. The lowest BCUT2D eigenvalue weighted by molar-refractivity contribution is 0.780. The molecular weight excluding hydrogens is 186 g/mol. The predicted octanol–water partition coefficient (Wildman–Crippen LogP) is 2.29. The zero-order valence-electron chi connectivity index (χ0n) is 9.28. The summed E-state index contributed by atoms with van der Waals surface area (Å²) in [6, 6.07) is 8.27. The van der Waals surface area contributed by atoms with E-state index in [4.69, 9.17) is 5.73 Å². The topological polar surface area (TPSA) is 43.8 Å². The summed E-state index contributed by atoms with van der Waals surface area (Å²) in [6.45, 7) is 4.22. The fraction of sp³-hybridized carbons (Fsp3) is 0.250. The second-order valence-corrected chi connectivity index (χ2v) is 3.88. The molecule has 3 heteroatoms. The van der Waals surface area contributed by atoms with Crippen LogP contribution in [0.25, 0.3) is 11.3 Å². The van der Waals surface area contributed by atoms with Crippen LogP contribution in [0.3, 0.4) is 0 Å². The number of nitrogens with zero attached hydrogens (tertiary/aromatic N) is 2. The Balaban J connectivity index is 2.54. The lowest BCUT2D eigenvalue weighted by atomic mass is 10.0. The molecule has 0 unspecified atom stereocenters. The first-order chi connectivity index (χ1) is 7.08. The quantitative estimate of drug-likeness (QED) is 0.769. The van der Waals surface area contributed by atoms with Crippen molar-refractivity contribution >= 4 is 5.82 Å². The molecule has 0 aliphatic rings. The number of aryl methyl sites for hydroxylation is 3. The Bertz CT molecular complexity index is 498. The van der Waals surface area contributed by atoms with Crippen molar-refractivity contribution in [1.82, 2.24) is 9.78 Å². The van der Waals surface area contributed by atoms with Crippen molar-refractivity contribution in [2.24, 2.45) is 7.05 Å². The first-order valence-electron chi connectivity index (χ1n) is 4.95. The molecule has 0 bridgehead atoms. The molecule has 0 amide bonds. The summed E-state index contributed by atoms with van der Waals surface area (Å²) in [7, 11) is 1.90. The van der Waals surface area contributed by atoms with Crippen LogP contribution in [0.4, 0.5) is 5.82 Å². The number of anilines is 1. The van der Waals surface area contributed by atoms with Crippen molar-refractivity contribution in [3.63, 3.8) is 0 Å². The highest BCUT2D eigenvalue weighted by Crippen LogP contribution is 2.23. The molecule has 2 aromatic rings. The van der Waals surface area contributed by atoms with Crippen LogP contribution in [0.5, 0.6) is 0 Å². The summed E-state index contributed by atoms with van der Waals surface area (Å²) in [6.07, 6.45) is 0. The molecule has 78 valence electrons. The lowest BCUT2D eigenvalue weighted by Gasteiger charge is -2.05. The fourth-order valence-corrected chi connectivity index (χ4v) is 1.66. The van der Waals surface area contributed by atoms with E-state index in [-0.39, 0.29) is 0 Å². The van der Waals surface area contributed by atoms with Crippen molar-refractivity contribution in [2.75, 3.05) is 5.73 Å². The number of nitrogen functional groups attached to an aromatic ring is 1. The number of hydrogen-bond donors (Lipinski definition) is 1. The highest BCUT2D eigenvalue weighted by Gasteiger charge is 2.05. The molecule has 0 spiro atoms. The van der Waals surface area contributed by atoms with Crippen molar-refractivity contribution in [1.29, 1.82) is 0 Å². The molecule has 0 aliphatic heterocycles. The third kappa shape index (κ3) is 1.73. The summed E-state index contributed by atoms with van der Waals surface area (Å²) in [4.78, 5) is 0. The van der Waals surface area contributed by atoms with Crippen LogP contribution in [-0.4, -0.2) is 9.78 Å². The zero-order valence-corrected chi connectivity index (χ0v) is 9.28. The van der Waals surface area contributed by atoms with Crippen LogP contribution in [0.15, 0.2) is 24.3 Å². The highest BCUT2D eigenvalue weighted by molar-refractivity contribution is 5.64. The van der Waals surface area contributed by atoms with Gasteiger partial charge in [0.25, 0.3) is 0 Å². The molecular formula is C12H15N3. The van der Waals surface area contributed by atoms with E-state index in [1.165, 1.54) is 11.1 Å². The van der Waals surface area contributed by atoms with Gasteiger partial charge in [-0.15, -0.1) is 0 Å². The number of nitrogens with two attached hydrogens (primary N) is 1. The van der Waals surface area contributed by atoms with E-state index in [1.54, 1.807) is 4.68 Å². The van der Waals surface area contributed by atoms with Gasteiger partial charge in [0.1, 0.15) is 5.82 Å². The Kier molecular flexibility index (Phi) is 2.23. The maximum atomic E-state index is 5.65. The first kappa shape index (κ1) is 9.77. The second kappa shape index (κ2) is 3.42. The summed E-state index contributed by atoms with van der Waals surface area (Å²) in [5.41, 5.74) is 10.4. The Hall–Kier alpha value is -1.77. The predicted molar refractivity (Wildman–Crippen MR) is 62.5 cm³/mol. The normalized spacial score (nSPS) is 10.6. The van der Waals surface area contributed by atoms with Gasteiger partial charge in [0.2, 0.25) is 0 Å².